The number of aryl methyl sites for hydroxylation is 1. The lowest BCUT2D eigenvalue weighted by Gasteiger charge is -2.28. The summed E-state index contributed by atoms with van der Waals surface area (Å²) in [5, 5.41) is 4.87. The Hall–Kier alpha value is -2.37. The van der Waals surface area contributed by atoms with Gasteiger partial charge in [-0.3, -0.25) is 4.98 Å². The van der Waals surface area contributed by atoms with Crippen LogP contribution in [0.4, 0.5) is 5.69 Å². The van der Waals surface area contributed by atoms with Gasteiger partial charge in [0.2, 0.25) is 0 Å². The minimum atomic E-state index is -0.0282. The van der Waals surface area contributed by atoms with E-state index in [9.17, 15) is 0 Å². The summed E-state index contributed by atoms with van der Waals surface area (Å²) in [5.74, 6) is 0. The molecule has 0 aliphatic carbocycles. The topological polar surface area (TPSA) is 33.1 Å². The Balaban J connectivity index is 1.84. The summed E-state index contributed by atoms with van der Waals surface area (Å²) in [6.45, 7) is 3.04. The molecule has 132 valence electrons. The summed E-state index contributed by atoms with van der Waals surface area (Å²) >= 11 is 11.8. The number of nitrogens with one attached hydrogen (secondary N) is 1. The highest BCUT2D eigenvalue weighted by atomic mass is 35.5. The molecular weight excluding hydrogens is 364 g/mol. The Labute approximate surface area is 163 Å². The van der Waals surface area contributed by atoms with E-state index in [1.807, 2.05) is 48.7 Å². The van der Waals surface area contributed by atoms with Crippen LogP contribution in [0.1, 0.15) is 30.4 Å². The van der Waals surface area contributed by atoms with Crippen LogP contribution in [0, 0.1) is 0 Å². The van der Waals surface area contributed by atoms with Crippen molar-refractivity contribution < 1.29 is 0 Å². The van der Waals surface area contributed by atoms with Gasteiger partial charge in [0.05, 0.1) is 11.7 Å². The molecule has 4 rings (SSSR count). The highest BCUT2D eigenvalue weighted by molar-refractivity contribution is 7.80. The summed E-state index contributed by atoms with van der Waals surface area (Å²) in [4.78, 5) is 6.73. The minimum absolute atomic E-state index is 0.00789. The number of nitrogens with zero attached hydrogens (tertiary/aromatic N) is 3. The molecule has 3 heterocycles. The zero-order valence-corrected chi connectivity index (χ0v) is 15.9. The van der Waals surface area contributed by atoms with E-state index in [0.29, 0.717) is 10.1 Å². The lowest BCUT2D eigenvalue weighted by atomic mass is 10.0. The van der Waals surface area contributed by atoms with Crippen LogP contribution in [0.2, 0.25) is 5.02 Å². The van der Waals surface area contributed by atoms with Crippen molar-refractivity contribution in [2.24, 2.45) is 0 Å². The van der Waals surface area contributed by atoms with E-state index in [-0.39, 0.29) is 12.1 Å². The predicted octanol–water partition coefficient (Wildman–Crippen LogP) is 4.73. The first-order chi connectivity index (χ1) is 12.7. The standard InChI is InChI=1S/C20H19ClN4S/c1-2-24-13-5-7-17(24)19-18(16-6-3-4-12-22-16)23-20(26)25(19)15-10-8-14(21)9-11-15/h3-13,18-19H,2H2,1H3,(H,23,26)/t18-,19-/m1/s1. The van der Waals surface area contributed by atoms with E-state index in [1.54, 1.807) is 0 Å². The van der Waals surface area contributed by atoms with Crippen molar-refractivity contribution in [2.75, 3.05) is 4.90 Å². The van der Waals surface area contributed by atoms with Gasteiger partial charge in [0.15, 0.2) is 5.11 Å². The van der Waals surface area contributed by atoms with E-state index in [2.05, 4.69) is 45.0 Å². The molecule has 3 aromatic rings. The first-order valence-electron chi connectivity index (χ1n) is 8.60. The van der Waals surface area contributed by atoms with Crippen LogP contribution in [0.15, 0.2) is 67.0 Å². The van der Waals surface area contributed by atoms with Crippen molar-refractivity contribution in [1.82, 2.24) is 14.9 Å². The lowest BCUT2D eigenvalue weighted by molar-refractivity contribution is 0.529. The van der Waals surface area contributed by atoms with Crippen LogP contribution in [0.3, 0.4) is 0 Å². The van der Waals surface area contributed by atoms with Crippen molar-refractivity contribution >= 4 is 34.6 Å². The number of hydrogen-bond donors (Lipinski definition) is 1. The minimum Gasteiger partial charge on any atom is -0.351 e. The predicted molar refractivity (Wildman–Crippen MR) is 109 cm³/mol. The van der Waals surface area contributed by atoms with E-state index >= 15 is 0 Å². The average Bonchev–Trinajstić information content (AvgIpc) is 3.27. The summed E-state index contributed by atoms with van der Waals surface area (Å²) in [7, 11) is 0. The third-order valence-electron chi connectivity index (χ3n) is 4.71. The molecule has 2 atom stereocenters. The summed E-state index contributed by atoms with van der Waals surface area (Å²) in [5.41, 5.74) is 3.19. The van der Waals surface area contributed by atoms with Crippen LogP contribution in [-0.2, 0) is 6.54 Å². The molecule has 26 heavy (non-hydrogen) atoms. The Morgan fingerprint density at radius 3 is 2.62 bits per heavy atom. The van der Waals surface area contributed by atoms with Gasteiger partial charge in [0.25, 0.3) is 0 Å². The van der Waals surface area contributed by atoms with Crippen molar-refractivity contribution in [2.45, 2.75) is 25.6 Å². The first-order valence-corrected chi connectivity index (χ1v) is 9.39. The molecule has 1 aliphatic heterocycles. The largest absolute Gasteiger partial charge is 0.351 e. The van der Waals surface area contributed by atoms with E-state index in [0.717, 1.165) is 17.9 Å². The van der Waals surface area contributed by atoms with Crippen molar-refractivity contribution in [3.8, 4) is 0 Å². The number of halogens is 1. The smallest absolute Gasteiger partial charge is 0.174 e. The molecule has 0 amide bonds. The number of benzene rings is 1. The maximum Gasteiger partial charge on any atom is 0.174 e. The number of anilines is 1. The van der Waals surface area contributed by atoms with E-state index in [4.69, 9.17) is 23.8 Å². The normalized spacial score (nSPS) is 19.6. The molecule has 4 nitrogen and oxygen atoms in total. The van der Waals surface area contributed by atoms with Gasteiger partial charge >= 0.3 is 0 Å². The quantitative estimate of drug-likeness (QED) is 0.661. The van der Waals surface area contributed by atoms with Crippen molar-refractivity contribution in [1.29, 1.82) is 0 Å². The SMILES string of the molecule is CCn1cccc1[C@@H]1[C@@H](c2ccccn2)NC(=S)N1c1ccc(Cl)cc1. The Kier molecular flexibility index (Phi) is 4.66. The molecule has 2 aromatic heterocycles. The Morgan fingerprint density at radius 2 is 1.92 bits per heavy atom. The fraction of sp³-hybridized carbons (Fsp3) is 0.200. The van der Waals surface area contributed by atoms with Gasteiger partial charge in [-0.25, -0.2) is 0 Å². The van der Waals surface area contributed by atoms with Crippen LogP contribution in [0.5, 0.6) is 0 Å². The van der Waals surface area contributed by atoms with Crippen LogP contribution < -0.4 is 10.2 Å². The summed E-state index contributed by atoms with van der Waals surface area (Å²) < 4.78 is 2.25. The highest BCUT2D eigenvalue weighted by Gasteiger charge is 2.41. The number of hydrogen-bond acceptors (Lipinski definition) is 2. The van der Waals surface area contributed by atoms with Gasteiger partial charge in [-0.2, -0.15) is 0 Å². The zero-order chi connectivity index (χ0) is 18.1. The molecule has 1 aromatic carbocycles. The number of aromatic nitrogens is 2. The van der Waals surface area contributed by atoms with Gasteiger partial charge in [-0.1, -0.05) is 17.7 Å². The van der Waals surface area contributed by atoms with Gasteiger partial charge < -0.3 is 14.8 Å². The second-order valence-corrected chi connectivity index (χ2v) is 7.02. The lowest BCUT2D eigenvalue weighted by Crippen LogP contribution is -2.30. The van der Waals surface area contributed by atoms with Crippen LogP contribution in [0.25, 0.3) is 0 Å². The molecule has 1 N–H and O–H groups in total. The third-order valence-corrected chi connectivity index (χ3v) is 5.28. The Bertz CT molecular complexity index is 907. The van der Waals surface area contributed by atoms with Crippen molar-refractivity contribution in [3.05, 3.63) is 83.4 Å². The van der Waals surface area contributed by atoms with Gasteiger partial charge in [-0.15, -0.1) is 0 Å². The molecule has 0 unspecified atom stereocenters. The van der Waals surface area contributed by atoms with E-state index < -0.39 is 0 Å². The van der Waals surface area contributed by atoms with Gasteiger partial charge in [0, 0.05) is 35.3 Å². The molecule has 1 aliphatic rings. The van der Waals surface area contributed by atoms with Gasteiger partial charge in [0.1, 0.15) is 6.04 Å². The van der Waals surface area contributed by atoms with Crippen molar-refractivity contribution in [3.63, 3.8) is 0 Å². The number of thiocarbonyl (C=S) groups is 1. The molecular formula is C20H19ClN4S. The fourth-order valence-corrected chi connectivity index (χ4v) is 3.99. The maximum atomic E-state index is 6.08. The van der Waals surface area contributed by atoms with E-state index in [1.165, 1.54) is 5.69 Å². The van der Waals surface area contributed by atoms with Crippen LogP contribution >= 0.6 is 23.8 Å². The molecule has 0 spiro atoms. The second-order valence-electron chi connectivity index (χ2n) is 6.19. The Morgan fingerprint density at radius 1 is 1.12 bits per heavy atom. The summed E-state index contributed by atoms with van der Waals surface area (Å²) in [6.07, 6.45) is 3.92. The van der Waals surface area contributed by atoms with Gasteiger partial charge in [-0.05, 0) is 67.7 Å². The monoisotopic (exact) mass is 382 g/mol. The maximum absolute atomic E-state index is 6.08. The molecule has 1 saturated heterocycles. The first kappa shape index (κ1) is 17.1. The summed E-state index contributed by atoms with van der Waals surface area (Å²) in [6, 6.07) is 18.0. The zero-order valence-electron chi connectivity index (χ0n) is 14.3. The molecule has 6 heteroatoms. The number of rotatable bonds is 4. The van der Waals surface area contributed by atoms with Crippen LogP contribution in [-0.4, -0.2) is 14.7 Å². The molecule has 0 bridgehead atoms. The molecule has 0 saturated carbocycles. The average molecular weight is 383 g/mol. The molecule has 0 radical (unpaired) electrons. The highest BCUT2D eigenvalue weighted by Crippen LogP contribution is 2.41. The number of pyridine rings is 1. The third kappa shape index (κ3) is 2.97. The fourth-order valence-electron chi connectivity index (χ4n) is 3.52. The molecule has 1 fully saturated rings. The second kappa shape index (κ2) is 7.09.